The Balaban J connectivity index is 1.73. The maximum atomic E-state index is 13.5. The maximum Gasteiger partial charge on any atom is 0.264 e. The molecule has 0 radical (unpaired) electrons. The zero-order valence-electron chi connectivity index (χ0n) is 19.3. The molecule has 1 aliphatic carbocycles. The van der Waals surface area contributed by atoms with Gasteiger partial charge in [-0.15, -0.1) is 0 Å². The molecule has 1 N–H and O–H groups in total. The van der Waals surface area contributed by atoms with Crippen LogP contribution >= 0.6 is 11.8 Å². The molecule has 0 heterocycles. The van der Waals surface area contributed by atoms with Crippen LogP contribution in [0.3, 0.4) is 0 Å². The SMILES string of the molecule is Cc1ccc(S(=O)(=O)N(CC(=O)NCCSC2CCCCC2)c2cccc(C)c2C)cc1. The molecular formula is C25H34N2O3S2. The topological polar surface area (TPSA) is 66.5 Å². The van der Waals surface area contributed by atoms with Crippen molar-refractivity contribution in [2.24, 2.45) is 0 Å². The largest absolute Gasteiger partial charge is 0.354 e. The number of carbonyl (C=O) groups excluding carboxylic acids is 1. The molecule has 2 aromatic rings. The van der Waals surface area contributed by atoms with Crippen LogP contribution in [-0.2, 0) is 14.8 Å². The van der Waals surface area contributed by atoms with Crippen molar-refractivity contribution >= 4 is 33.4 Å². The van der Waals surface area contributed by atoms with Crippen LogP contribution in [0.5, 0.6) is 0 Å². The van der Waals surface area contributed by atoms with Crippen LogP contribution in [0, 0.1) is 20.8 Å². The number of aryl methyl sites for hydroxylation is 2. The number of hydrogen-bond acceptors (Lipinski definition) is 4. The van der Waals surface area contributed by atoms with Gasteiger partial charge in [0.25, 0.3) is 10.0 Å². The Morgan fingerprint density at radius 3 is 2.41 bits per heavy atom. The van der Waals surface area contributed by atoms with Crippen molar-refractivity contribution in [3.63, 3.8) is 0 Å². The van der Waals surface area contributed by atoms with Gasteiger partial charge in [0.15, 0.2) is 0 Å². The molecule has 1 fully saturated rings. The first-order chi connectivity index (χ1) is 15.3. The second-order valence-electron chi connectivity index (χ2n) is 8.52. The van der Waals surface area contributed by atoms with Crippen molar-refractivity contribution in [3.8, 4) is 0 Å². The Kier molecular flexibility index (Phi) is 8.65. The zero-order chi connectivity index (χ0) is 23.1. The van der Waals surface area contributed by atoms with Crippen LogP contribution in [0.25, 0.3) is 0 Å². The third-order valence-electron chi connectivity index (χ3n) is 6.07. The van der Waals surface area contributed by atoms with E-state index in [9.17, 15) is 13.2 Å². The summed E-state index contributed by atoms with van der Waals surface area (Å²) in [5.41, 5.74) is 3.35. The number of anilines is 1. The van der Waals surface area contributed by atoms with Crippen molar-refractivity contribution in [2.75, 3.05) is 23.1 Å². The van der Waals surface area contributed by atoms with Crippen molar-refractivity contribution in [1.29, 1.82) is 0 Å². The van der Waals surface area contributed by atoms with Gasteiger partial charge in [0, 0.05) is 17.5 Å². The van der Waals surface area contributed by atoms with Gasteiger partial charge in [-0.1, -0.05) is 49.1 Å². The van der Waals surface area contributed by atoms with E-state index in [0.717, 1.165) is 22.4 Å². The number of benzene rings is 2. The van der Waals surface area contributed by atoms with Crippen LogP contribution in [-0.4, -0.2) is 38.4 Å². The number of sulfonamides is 1. The van der Waals surface area contributed by atoms with Gasteiger partial charge in [0.05, 0.1) is 10.6 Å². The molecule has 0 saturated heterocycles. The van der Waals surface area contributed by atoms with Gasteiger partial charge in [0.2, 0.25) is 5.91 Å². The molecule has 0 aromatic heterocycles. The third kappa shape index (κ3) is 6.29. The summed E-state index contributed by atoms with van der Waals surface area (Å²) >= 11 is 1.92. The van der Waals surface area contributed by atoms with E-state index in [2.05, 4.69) is 5.32 Å². The molecule has 3 rings (SSSR count). The highest BCUT2D eigenvalue weighted by molar-refractivity contribution is 7.99. The van der Waals surface area contributed by atoms with Crippen LogP contribution in [0.4, 0.5) is 5.69 Å². The first kappa shape index (κ1) is 24.6. The predicted octanol–water partition coefficient (Wildman–Crippen LogP) is 4.99. The van der Waals surface area contributed by atoms with Crippen LogP contribution < -0.4 is 9.62 Å². The summed E-state index contributed by atoms with van der Waals surface area (Å²) in [4.78, 5) is 13.0. The van der Waals surface area contributed by atoms with E-state index in [4.69, 9.17) is 0 Å². The maximum absolute atomic E-state index is 13.5. The van der Waals surface area contributed by atoms with Crippen molar-refractivity contribution in [3.05, 3.63) is 59.2 Å². The lowest BCUT2D eigenvalue weighted by atomic mass is 10.0. The monoisotopic (exact) mass is 474 g/mol. The van der Waals surface area contributed by atoms with E-state index in [1.54, 1.807) is 30.3 Å². The number of nitrogens with zero attached hydrogens (tertiary/aromatic N) is 1. The predicted molar refractivity (Wildman–Crippen MR) is 134 cm³/mol. The van der Waals surface area contributed by atoms with E-state index in [-0.39, 0.29) is 17.3 Å². The lowest BCUT2D eigenvalue weighted by Crippen LogP contribution is -2.41. The Hall–Kier alpha value is -1.99. The number of hydrogen-bond donors (Lipinski definition) is 1. The van der Waals surface area contributed by atoms with Crippen molar-refractivity contribution in [2.45, 2.75) is 63.0 Å². The molecular weight excluding hydrogens is 440 g/mol. The fourth-order valence-electron chi connectivity index (χ4n) is 3.98. The fourth-order valence-corrected chi connectivity index (χ4v) is 6.68. The molecule has 0 unspecified atom stereocenters. The molecule has 0 bridgehead atoms. The van der Waals surface area contributed by atoms with Gasteiger partial charge in [-0.2, -0.15) is 11.8 Å². The van der Waals surface area contributed by atoms with Gasteiger partial charge in [-0.3, -0.25) is 9.10 Å². The lowest BCUT2D eigenvalue weighted by Gasteiger charge is -2.26. The molecule has 5 nitrogen and oxygen atoms in total. The quantitative estimate of drug-likeness (QED) is 0.520. The highest BCUT2D eigenvalue weighted by atomic mass is 32.2. The van der Waals surface area contributed by atoms with E-state index in [1.807, 2.05) is 44.7 Å². The van der Waals surface area contributed by atoms with Gasteiger partial charge < -0.3 is 5.32 Å². The van der Waals surface area contributed by atoms with E-state index in [1.165, 1.54) is 36.4 Å². The lowest BCUT2D eigenvalue weighted by molar-refractivity contribution is -0.119. The molecule has 0 aliphatic heterocycles. The second kappa shape index (κ2) is 11.2. The normalized spacial score (nSPS) is 14.8. The van der Waals surface area contributed by atoms with Crippen LogP contribution in [0.2, 0.25) is 0 Å². The number of amides is 1. The Morgan fingerprint density at radius 1 is 1.03 bits per heavy atom. The fraction of sp³-hybridized carbons (Fsp3) is 0.480. The highest BCUT2D eigenvalue weighted by Gasteiger charge is 2.28. The summed E-state index contributed by atoms with van der Waals surface area (Å²) in [6.45, 7) is 6.05. The molecule has 0 atom stereocenters. The summed E-state index contributed by atoms with van der Waals surface area (Å²) < 4.78 is 28.3. The van der Waals surface area contributed by atoms with Crippen LogP contribution in [0.15, 0.2) is 47.4 Å². The average Bonchev–Trinajstić information content (AvgIpc) is 2.78. The number of carbonyl (C=O) groups is 1. The van der Waals surface area contributed by atoms with Gasteiger partial charge in [0.1, 0.15) is 6.54 Å². The minimum Gasteiger partial charge on any atom is -0.354 e. The molecule has 2 aromatic carbocycles. The molecule has 7 heteroatoms. The van der Waals surface area contributed by atoms with Gasteiger partial charge in [-0.05, 0) is 62.9 Å². The first-order valence-electron chi connectivity index (χ1n) is 11.3. The van der Waals surface area contributed by atoms with E-state index < -0.39 is 10.0 Å². The summed E-state index contributed by atoms with van der Waals surface area (Å²) in [6, 6.07) is 12.3. The van der Waals surface area contributed by atoms with Crippen LogP contribution in [0.1, 0.15) is 48.8 Å². The Morgan fingerprint density at radius 2 is 1.72 bits per heavy atom. The Bertz CT molecular complexity index is 1010. The minimum atomic E-state index is -3.89. The molecule has 32 heavy (non-hydrogen) atoms. The smallest absolute Gasteiger partial charge is 0.264 e. The van der Waals surface area contributed by atoms with Crippen molar-refractivity contribution in [1.82, 2.24) is 5.32 Å². The summed E-state index contributed by atoms with van der Waals surface area (Å²) in [6.07, 6.45) is 6.44. The summed E-state index contributed by atoms with van der Waals surface area (Å²) in [5.74, 6) is 0.566. The standard InChI is InChI=1S/C25H34N2O3S2/c1-19-12-14-23(15-13-19)32(29,30)27(24-11-7-8-20(2)21(24)3)18-25(28)26-16-17-31-22-9-5-4-6-10-22/h7-8,11-15,22H,4-6,9-10,16-18H2,1-3H3,(H,26,28). The Labute approximate surface area is 197 Å². The second-order valence-corrected chi connectivity index (χ2v) is 11.8. The van der Waals surface area contributed by atoms with E-state index >= 15 is 0 Å². The molecule has 1 aliphatic rings. The number of thioether (sulfide) groups is 1. The van der Waals surface area contributed by atoms with E-state index in [0.29, 0.717) is 17.5 Å². The van der Waals surface area contributed by atoms with Gasteiger partial charge in [-0.25, -0.2) is 8.42 Å². The minimum absolute atomic E-state index is 0.185. The number of nitrogens with one attached hydrogen (secondary N) is 1. The third-order valence-corrected chi connectivity index (χ3v) is 9.23. The zero-order valence-corrected chi connectivity index (χ0v) is 20.9. The highest BCUT2D eigenvalue weighted by Crippen LogP contribution is 2.29. The first-order valence-corrected chi connectivity index (χ1v) is 13.8. The molecule has 0 spiro atoms. The molecule has 174 valence electrons. The van der Waals surface area contributed by atoms with Gasteiger partial charge >= 0.3 is 0 Å². The number of rotatable bonds is 9. The molecule has 1 saturated carbocycles. The van der Waals surface area contributed by atoms with Crippen molar-refractivity contribution < 1.29 is 13.2 Å². The average molecular weight is 475 g/mol. The molecule has 1 amide bonds. The summed E-state index contributed by atoms with van der Waals surface area (Å²) in [5, 5.41) is 3.61. The summed E-state index contributed by atoms with van der Waals surface area (Å²) in [7, 11) is -3.89.